The number of carbonyl (C=O) groups is 2. The highest BCUT2D eigenvalue weighted by Crippen LogP contribution is 2.13. The highest BCUT2D eigenvalue weighted by molar-refractivity contribution is 5.86. The zero-order valence-electron chi connectivity index (χ0n) is 19.3. The number of hydrogen-bond acceptors (Lipinski definition) is 2. The molecule has 2 aromatic carbocycles. The first-order chi connectivity index (χ1) is 15.4. The minimum absolute atomic E-state index is 0.0169. The number of rotatable bonds is 10. The molecule has 0 saturated heterocycles. The zero-order valence-corrected chi connectivity index (χ0v) is 19.3. The van der Waals surface area contributed by atoms with Gasteiger partial charge in [-0.15, -0.1) is 0 Å². The first kappa shape index (κ1) is 23.3. The summed E-state index contributed by atoms with van der Waals surface area (Å²) in [5.41, 5.74) is 3.09. The molecule has 0 unspecified atom stereocenters. The first-order valence-electron chi connectivity index (χ1n) is 11.2. The van der Waals surface area contributed by atoms with Crippen LogP contribution in [0.2, 0.25) is 0 Å². The minimum Gasteiger partial charge on any atom is -0.353 e. The van der Waals surface area contributed by atoms with Crippen molar-refractivity contribution >= 4 is 11.8 Å². The van der Waals surface area contributed by atoms with Crippen LogP contribution in [0.25, 0.3) is 0 Å². The Kier molecular flexibility index (Phi) is 8.26. The molecule has 0 saturated carbocycles. The summed E-state index contributed by atoms with van der Waals surface area (Å²) in [4.78, 5) is 30.1. The molecule has 5 nitrogen and oxygen atoms in total. The van der Waals surface area contributed by atoms with Crippen LogP contribution < -0.4 is 0 Å². The molecule has 2 amide bonds. The maximum Gasteiger partial charge on any atom is 0.242 e. The van der Waals surface area contributed by atoms with Gasteiger partial charge in [0.15, 0.2) is 0 Å². The molecule has 0 fully saturated rings. The second-order valence-corrected chi connectivity index (χ2v) is 8.68. The number of carbonyl (C=O) groups excluding carboxylic acids is 2. The van der Waals surface area contributed by atoms with Crippen molar-refractivity contribution in [3.05, 3.63) is 95.8 Å². The average molecular weight is 432 g/mol. The van der Waals surface area contributed by atoms with Crippen molar-refractivity contribution < 1.29 is 9.59 Å². The number of aromatic nitrogens is 1. The largest absolute Gasteiger partial charge is 0.353 e. The molecule has 0 spiro atoms. The normalized spacial score (nSPS) is 10.9. The van der Waals surface area contributed by atoms with E-state index >= 15 is 0 Å². The van der Waals surface area contributed by atoms with Crippen molar-refractivity contribution in [2.24, 2.45) is 13.0 Å². The van der Waals surface area contributed by atoms with Crippen molar-refractivity contribution in [2.75, 3.05) is 13.1 Å². The third-order valence-corrected chi connectivity index (χ3v) is 5.44. The van der Waals surface area contributed by atoms with Crippen LogP contribution in [0.5, 0.6) is 0 Å². The van der Waals surface area contributed by atoms with Gasteiger partial charge in [0.25, 0.3) is 0 Å². The van der Waals surface area contributed by atoms with Gasteiger partial charge in [0.1, 0.15) is 0 Å². The predicted molar refractivity (Wildman–Crippen MR) is 128 cm³/mol. The van der Waals surface area contributed by atoms with Crippen LogP contribution >= 0.6 is 0 Å². The lowest BCUT2D eigenvalue weighted by atomic mass is 10.1. The fourth-order valence-corrected chi connectivity index (χ4v) is 3.73. The Morgan fingerprint density at radius 3 is 1.97 bits per heavy atom. The van der Waals surface area contributed by atoms with E-state index in [2.05, 4.69) is 13.8 Å². The van der Waals surface area contributed by atoms with Crippen LogP contribution in [0.4, 0.5) is 0 Å². The second-order valence-electron chi connectivity index (χ2n) is 8.68. The minimum atomic E-state index is -0.0443. The van der Waals surface area contributed by atoms with Gasteiger partial charge in [-0.2, -0.15) is 0 Å². The van der Waals surface area contributed by atoms with Crippen LogP contribution in [0.3, 0.4) is 0 Å². The molecule has 1 heterocycles. The molecule has 3 rings (SSSR count). The zero-order chi connectivity index (χ0) is 22.9. The lowest BCUT2D eigenvalue weighted by Crippen LogP contribution is -2.44. The van der Waals surface area contributed by atoms with Crippen LogP contribution in [-0.2, 0) is 36.1 Å². The molecule has 32 heavy (non-hydrogen) atoms. The average Bonchev–Trinajstić information content (AvgIpc) is 3.18. The van der Waals surface area contributed by atoms with E-state index in [0.29, 0.717) is 26.1 Å². The van der Waals surface area contributed by atoms with Crippen LogP contribution in [0.15, 0.2) is 79.0 Å². The van der Waals surface area contributed by atoms with Gasteiger partial charge in [0.05, 0.1) is 19.5 Å². The third kappa shape index (κ3) is 6.84. The molecule has 0 N–H and O–H groups in total. The lowest BCUT2D eigenvalue weighted by molar-refractivity contribution is -0.141. The van der Waals surface area contributed by atoms with Gasteiger partial charge < -0.3 is 14.4 Å². The topological polar surface area (TPSA) is 45.6 Å². The fraction of sp³-hybridized carbons (Fsp3) is 0.333. The molecular weight excluding hydrogens is 398 g/mol. The smallest absolute Gasteiger partial charge is 0.242 e. The monoisotopic (exact) mass is 431 g/mol. The van der Waals surface area contributed by atoms with Gasteiger partial charge >= 0.3 is 0 Å². The number of nitrogens with zero attached hydrogens (tertiary/aromatic N) is 3. The van der Waals surface area contributed by atoms with Crippen molar-refractivity contribution in [3.8, 4) is 0 Å². The van der Waals surface area contributed by atoms with E-state index in [4.69, 9.17) is 0 Å². The highest BCUT2D eigenvalue weighted by atomic mass is 16.2. The molecule has 0 aliphatic rings. The summed E-state index contributed by atoms with van der Waals surface area (Å²) >= 11 is 0. The summed E-state index contributed by atoms with van der Waals surface area (Å²) in [5, 5.41) is 0. The van der Waals surface area contributed by atoms with Crippen LogP contribution in [0, 0.1) is 5.92 Å². The van der Waals surface area contributed by atoms with E-state index < -0.39 is 0 Å². The molecule has 5 heteroatoms. The maximum absolute atomic E-state index is 13.5. The Hall–Kier alpha value is -3.34. The second kappa shape index (κ2) is 11.3. The molecular formula is C27H33N3O2. The van der Waals surface area contributed by atoms with E-state index in [0.717, 1.165) is 16.8 Å². The Balaban J connectivity index is 1.76. The number of aryl methyl sites for hydroxylation is 1. The molecule has 0 aliphatic carbocycles. The quantitative estimate of drug-likeness (QED) is 0.481. The lowest BCUT2D eigenvalue weighted by Gasteiger charge is -2.29. The van der Waals surface area contributed by atoms with Crippen molar-refractivity contribution in [1.29, 1.82) is 0 Å². The van der Waals surface area contributed by atoms with E-state index in [-0.39, 0.29) is 24.3 Å². The van der Waals surface area contributed by atoms with E-state index in [1.165, 1.54) is 0 Å². The van der Waals surface area contributed by atoms with Gasteiger partial charge in [0, 0.05) is 32.0 Å². The van der Waals surface area contributed by atoms with E-state index in [9.17, 15) is 9.59 Å². The summed E-state index contributed by atoms with van der Waals surface area (Å²) in [5.74, 6) is 0.215. The van der Waals surface area contributed by atoms with Crippen molar-refractivity contribution in [2.45, 2.75) is 33.4 Å². The molecule has 1 aromatic heterocycles. The van der Waals surface area contributed by atoms with Gasteiger partial charge in [-0.1, -0.05) is 74.5 Å². The van der Waals surface area contributed by atoms with Gasteiger partial charge in [-0.05, 0) is 29.2 Å². The summed E-state index contributed by atoms with van der Waals surface area (Å²) in [6.45, 7) is 5.78. The third-order valence-electron chi connectivity index (χ3n) is 5.44. The van der Waals surface area contributed by atoms with E-state index in [1.54, 1.807) is 4.90 Å². The van der Waals surface area contributed by atoms with Crippen molar-refractivity contribution in [3.63, 3.8) is 0 Å². The molecule has 0 bridgehead atoms. The maximum atomic E-state index is 13.5. The number of hydrogen-bond donors (Lipinski definition) is 0. The molecule has 3 aromatic rings. The Bertz CT molecular complexity index is 996. The first-order valence-corrected chi connectivity index (χ1v) is 11.2. The summed E-state index contributed by atoms with van der Waals surface area (Å²) in [7, 11) is 1.98. The molecule has 0 radical (unpaired) electrons. The Labute approximate surface area is 191 Å². The summed E-state index contributed by atoms with van der Waals surface area (Å²) < 4.78 is 2.03. The van der Waals surface area contributed by atoms with Crippen LogP contribution in [0.1, 0.15) is 30.7 Å². The predicted octanol–water partition coefficient (Wildman–Crippen LogP) is 4.28. The fourth-order valence-electron chi connectivity index (χ4n) is 3.73. The Morgan fingerprint density at radius 2 is 1.41 bits per heavy atom. The molecule has 0 aliphatic heterocycles. The van der Waals surface area contributed by atoms with Gasteiger partial charge in [0.2, 0.25) is 11.8 Å². The van der Waals surface area contributed by atoms with Crippen molar-refractivity contribution in [1.82, 2.24) is 14.4 Å². The summed E-state index contributed by atoms with van der Waals surface area (Å²) in [6.07, 6.45) is 2.28. The van der Waals surface area contributed by atoms with Crippen LogP contribution in [-0.4, -0.2) is 39.3 Å². The van der Waals surface area contributed by atoms with Gasteiger partial charge in [-0.25, -0.2) is 0 Å². The summed E-state index contributed by atoms with van der Waals surface area (Å²) in [6, 6.07) is 23.7. The van der Waals surface area contributed by atoms with Gasteiger partial charge in [-0.3, -0.25) is 9.59 Å². The van der Waals surface area contributed by atoms with E-state index in [1.807, 2.05) is 95.5 Å². The number of benzene rings is 2. The Morgan fingerprint density at radius 1 is 0.781 bits per heavy atom. The number of amides is 2. The highest BCUT2D eigenvalue weighted by Gasteiger charge is 2.23. The SMILES string of the molecule is CC(C)CN(CC(=O)N(Cc1ccccc1)Cc1cccn1C)C(=O)Cc1ccccc1. The molecule has 168 valence electrons. The standard InChI is InChI=1S/C27H33N3O2/c1-22(2)18-29(26(31)17-23-11-6-4-7-12-23)21-27(32)30(19-24-13-8-5-9-14-24)20-25-15-10-16-28(25)3/h4-16,22H,17-21H2,1-3H3. The molecule has 0 atom stereocenters.